The second kappa shape index (κ2) is 12.2. The molecule has 0 rings (SSSR count). The summed E-state index contributed by atoms with van der Waals surface area (Å²) < 4.78 is 0. The van der Waals surface area contributed by atoms with Crippen LogP contribution >= 0.6 is 12.6 Å². The van der Waals surface area contributed by atoms with Gasteiger partial charge in [0.05, 0.1) is 11.7 Å². The highest BCUT2D eigenvalue weighted by Gasteiger charge is 2.33. The standard InChI is InChI=1S/C16H27N3O8S/c1-3-7(2)12(14(24)18-9(16(26)27)6-11(22)23)19-15(25)13(28)8(17)4-5-10(20)21/h7-9,12-13,28H,3-6,17H2,1-2H3,(H,18,24)(H,19,25)(H,20,21)(H,22,23)(H,26,27)/t7-,8+,9-,12-,13+/m0/s1. The number of carbonyl (C=O) groups excluding carboxylic acids is 2. The monoisotopic (exact) mass is 421 g/mol. The van der Waals surface area contributed by atoms with E-state index in [1.807, 2.05) is 0 Å². The van der Waals surface area contributed by atoms with Crippen molar-refractivity contribution in [3.05, 3.63) is 0 Å². The van der Waals surface area contributed by atoms with Gasteiger partial charge >= 0.3 is 17.9 Å². The number of carboxylic acids is 3. The van der Waals surface area contributed by atoms with Crippen molar-refractivity contribution in [3.8, 4) is 0 Å². The van der Waals surface area contributed by atoms with Gasteiger partial charge in [-0.25, -0.2) is 4.79 Å². The van der Waals surface area contributed by atoms with Crippen molar-refractivity contribution in [2.24, 2.45) is 11.7 Å². The Morgan fingerprint density at radius 1 is 1.00 bits per heavy atom. The highest BCUT2D eigenvalue weighted by molar-refractivity contribution is 7.81. The summed E-state index contributed by atoms with van der Waals surface area (Å²) in [5, 5.41) is 29.9. The van der Waals surface area contributed by atoms with Crippen LogP contribution in [0.2, 0.25) is 0 Å². The Morgan fingerprint density at radius 2 is 1.57 bits per heavy atom. The second-order valence-electron chi connectivity index (χ2n) is 6.41. The van der Waals surface area contributed by atoms with Gasteiger partial charge in [-0.3, -0.25) is 19.2 Å². The summed E-state index contributed by atoms with van der Waals surface area (Å²) in [6.45, 7) is 3.40. The van der Waals surface area contributed by atoms with Crippen LogP contribution in [-0.2, 0) is 24.0 Å². The minimum absolute atomic E-state index is 0.00316. The lowest BCUT2D eigenvalue weighted by molar-refractivity contribution is -0.147. The topological polar surface area (TPSA) is 196 Å². The van der Waals surface area contributed by atoms with Crippen molar-refractivity contribution in [3.63, 3.8) is 0 Å². The molecule has 0 heterocycles. The second-order valence-corrected chi connectivity index (χ2v) is 6.97. The molecule has 0 aliphatic heterocycles. The molecule has 0 saturated heterocycles. The Morgan fingerprint density at radius 3 is 2.00 bits per heavy atom. The predicted octanol–water partition coefficient (Wildman–Crippen LogP) is -0.948. The third kappa shape index (κ3) is 9.04. The van der Waals surface area contributed by atoms with Crippen molar-refractivity contribution < 1.29 is 39.3 Å². The van der Waals surface area contributed by atoms with Crippen LogP contribution < -0.4 is 16.4 Å². The maximum atomic E-state index is 12.5. The Hall–Kier alpha value is -2.34. The summed E-state index contributed by atoms with van der Waals surface area (Å²) in [4.78, 5) is 57.3. The quantitative estimate of drug-likeness (QED) is 0.183. The average molecular weight is 421 g/mol. The molecule has 0 aliphatic carbocycles. The molecule has 28 heavy (non-hydrogen) atoms. The van der Waals surface area contributed by atoms with Gasteiger partial charge in [-0.15, -0.1) is 0 Å². The molecule has 7 N–H and O–H groups in total. The van der Waals surface area contributed by atoms with E-state index in [0.717, 1.165) is 0 Å². The van der Waals surface area contributed by atoms with Gasteiger partial charge in [0.2, 0.25) is 11.8 Å². The Balaban J connectivity index is 5.17. The number of rotatable bonds is 13. The molecule has 11 nitrogen and oxygen atoms in total. The van der Waals surface area contributed by atoms with Crippen LogP contribution in [0.15, 0.2) is 0 Å². The third-order valence-electron chi connectivity index (χ3n) is 4.15. The number of thiol groups is 1. The van der Waals surface area contributed by atoms with Crippen LogP contribution in [0, 0.1) is 5.92 Å². The zero-order chi connectivity index (χ0) is 22.0. The Labute approximate surface area is 167 Å². The molecule has 0 aromatic heterocycles. The first-order chi connectivity index (χ1) is 12.9. The van der Waals surface area contributed by atoms with Crippen molar-refractivity contribution in [2.75, 3.05) is 0 Å². The van der Waals surface area contributed by atoms with E-state index in [4.69, 9.17) is 21.1 Å². The van der Waals surface area contributed by atoms with Crippen LogP contribution in [-0.4, -0.2) is 68.4 Å². The van der Waals surface area contributed by atoms with Crippen LogP contribution in [0.4, 0.5) is 0 Å². The van der Waals surface area contributed by atoms with E-state index in [0.29, 0.717) is 6.42 Å². The van der Waals surface area contributed by atoms with E-state index in [1.165, 1.54) is 0 Å². The van der Waals surface area contributed by atoms with Crippen LogP contribution in [0.25, 0.3) is 0 Å². The zero-order valence-corrected chi connectivity index (χ0v) is 16.5. The number of carbonyl (C=O) groups is 5. The van der Waals surface area contributed by atoms with Gasteiger partial charge in [-0.05, 0) is 12.3 Å². The minimum Gasteiger partial charge on any atom is -0.481 e. The predicted molar refractivity (Wildman–Crippen MR) is 101 cm³/mol. The fourth-order valence-corrected chi connectivity index (χ4v) is 2.44. The van der Waals surface area contributed by atoms with E-state index in [9.17, 15) is 24.0 Å². The first kappa shape index (κ1) is 25.7. The number of amides is 2. The molecule has 0 radical (unpaired) electrons. The zero-order valence-electron chi connectivity index (χ0n) is 15.6. The van der Waals surface area contributed by atoms with Gasteiger partial charge in [0.15, 0.2) is 0 Å². The largest absolute Gasteiger partial charge is 0.481 e. The fraction of sp³-hybridized carbons (Fsp3) is 0.688. The first-order valence-corrected chi connectivity index (χ1v) is 9.13. The molecule has 0 saturated carbocycles. The van der Waals surface area contributed by atoms with Crippen molar-refractivity contribution >= 4 is 42.4 Å². The molecule has 0 aromatic carbocycles. The molecule has 0 bridgehead atoms. The van der Waals surface area contributed by atoms with Gasteiger partial charge in [0.25, 0.3) is 0 Å². The molecule has 0 fully saturated rings. The normalized spacial score (nSPS) is 16.1. The van der Waals surface area contributed by atoms with Gasteiger partial charge in [0, 0.05) is 12.5 Å². The first-order valence-electron chi connectivity index (χ1n) is 8.61. The lowest BCUT2D eigenvalue weighted by Crippen LogP contribution is -2.56. The molecule has 12 heteroatoms. The summed E-state index contributed by atoms with van der Waals surface area (Å²) in [5.74, 6) is -5.97. The van der Waals surface area contributed by atoms with E-state index in [-0.39, 0.29) is 12.8 Å². The smallest absolute Gasteiger partial charge is 0.326 e. The fourth-order valence-electron chi connectivity index (χ4n) is 2.22. The summed E-state index contributed by atoms with van der Waals surface area (Å²) in [6, 6.07) is -3.67. The Kier molecular flexibility index (Phi) is 11.2. The van der Waals surface area contributed by atoms with E-state index in [1.54, 1.807) is 13.8 Å². The molecule has 0 spiro atoms. The molecule has 5 atom stereocenters. The van der Waals surface area contributed by atoms with Crippen LogP contribution in [0.3, 0.4) is 0 Å². The van der Waals surface area contributed by atoms with Crippen molar-refractivity contribution in [1.29, 1.82) is 0 Å². The van der Waals surface area contributed by atoms with Crippen molar-refractivity contribution in [1.82, 2.24) is 10.6 Å². The molecule has 0 aliphatic rings. The maximum Gasteiger partial charge on any atom is 0.326 e. The third-order valence-corrected chi connectivity index (χ3v) is 4.77. The van der Waals surface area contributed by atoms with Crippen LogP contribution in [0.1, 0.15) is 39.5 Å². The van der Waals surface area contributed by atoms with E-state index >= 15 is 0 Å². The summed E-state index contributed by atoms with van der Waals surface area (Å²) in [5.41, 5.74) is 5.76. The number of nitrogens with two attached hydrogens (primary N) is 1. The molecule has 0 unspecified atom stereocenters. The number of hydrogen-bond donors (Lipinski definition) is 7. The number of carboxylic acid groups (broad SMARTS) is 3. The highest BCUT2D eigenvalue weighted by atomic mass is 32.1. The Bertz CT molecular complexity index is 600. The molecular formula is C16H27N3O8S. The van der Waals surface area contributed by atoms with Gasteiger partial charge in [-0.1, -0.05) is 20.3 Å². The number of hydrogen-bond acceptors (Lipinski definition) is 7. The number of nitrogens with one attached hydrogen (secondary N) is 2. The lowest BCUT2D eigenvalue weighted by Gasteiger charge is -2.27. The van der Waals surface area contributed by atoms with Gasteiger partial charge in [-0.2, -0.15) is 12.6 Å². The molecule has 160 valence electrons. The molecule has 2 amide bonds. The lowest BCUT2D eigenvalue weighted by atomic mass is 9.97. The van der Waals surface area contributed by atoms with Crippen LogP contribution in [0.5, 0.6) is 0 Å². The minimum atomic E-state index is -1.65. The average Bonchev–Trinajstić information content (AvgIpc) is 2.61. The summed E-state index contributed by atoms with van der Waals surface area (Å²) in [6.07, 6.45) is -0.623. The van der Waals surface area contributed by atoms with Gasteiger partial charge < -0.3 is 31.7 Å². The summed E-state index contributed by atoms with van der Waals surface area (Å²) >= 11 is 4.08. The summed E-state index contributed by atoms with van der Waals surface area (Å²) in [7, 11) is 0. The maximum absolute atomic E-state index is 12.5. The van der Waals surface area contributed by atoms with Gasteiger partial charge in [0.1, 0.15) is 12.1 Å². The SMILES string of the molecule is CC[C@H](C)[C@H](NC(=O)[C@H](S)[C@H](N)CCC(=O)O)C(=O)N[C@@H](CC(=O)O)C(=O)O. The molecular weight excluding hydrogens is 394 g/mol. The highest BCUT2D eigenvalue weighted by Crippen LogP contribution is 2.12. The van der Waals surface area contributed by atoms with E-state index < -0.39 is 65.4 Å². The number of aliphatic carboxylic acids is 3. The van der Waals surface area contributed by atoms with E-state index in [2.05, 4.69) is 23.3 Å². The van der Waals surface area contributed by atoms with Crippen molar-refractivity contribution in [2.45, 2.75) is 62.9 Å². The molecule has 0 aromatic rings.